The van der Waals surface area contributed by atoms with Crippen LogP contribution in [0.5, 0.6) is 11.5 Å². The number of rotatable bonds is 6. The van der Waals surface area contributed by atoms with Crippen molar-refractivity contribution in [3.63, 3.8) is 0 Å². The van der Waals surface area contributed by atoms with E-state index in [9.17, 15) is 19.0 Å². The van der Waals surface area contributed by atoms with E-state index in [1.807, 2.05) is 149 Å². The number of halogens is 2. The van der Waals surface area contributed by atoms with E-state index in [1.54, 1.807) is 14.1 Å². The molecule has 0 radical (unpaired) electrons. The molecule has 0 saturated heterocycles. The van der Waals surface area contributed by atoms with E-state index in [1.165, 1.54) is 36.7 Å². The van der Waals surface area contributed by atoms with Crippen LogP contribution in [0.15, 0.2) is 156 Å². The predicted molar refractivity (Wildman–Crippen MR) is 222 cm³/mol. The largest absolute Gasteiger partial charge is 2.00 e. The minimum atomic E-state index is -0.496. The Morgan fingerprint density at radius 3 is 1.00 bits per heavy atom. The Balaban J connectivity index is 0.000000278. The zero-order valence-corrected chi connectivity index (χ0v) is 34.9. The molecule has 0 aliphatic carbocycles. The minimum Gasteiger partial charge on any atom is -0.507 e. The molecule has 0 aliphatic heterocycles. The van der Waals surface area contributed by atoms with Crippen molar-refractivity contribution in [2.75, 3.05) is 14.1 Å². The first-order chi connectivity index (χ1) is 25.7. The fourth-order valence-corrected chi connectivity index (χ4v) is 5.65. The third kappa shape index (κ3) is 13.5. The van der Waals surface area contributed by atoms with Crippen LogP contribution in [0.4, 0.5) is 8.78 Å². The van der Waals surface area contributed by atoms with Gasteiger partial charge >= 0.3 is 26.2 Å². The first-order valence-corrected chi connectivity index (χ1v) is 17.5. The number of nitrogens with zero attached hydrogens (tertiary/aromatic N) is 2. The van der Waals surface area contributed by atoms with Crippen molar-refractivity contribution < 1.29 is 45.2 Å². The molecule has 0 spiro atoms. The first-order valence-electron chi connectivity index (χ1n) is 17.5. The van der Waals surface area contributed by atoms with Gasteiger partial charge < -0.3 is 10.2 Å². The summed E-state index contributed by atoms with van der Waals surface area (Å²) in [5, 5.41) is 20.8. The molecule has 6 rings (SSSR count). The molecule has 0 aliphatic rings. The van der Waals surface area contributed by atoms with Crippen LogP contribution in [0.2, 0.25) is 0 Å². The Bertz CT molecular complexity index is 1930. The third-order valence-electron chi connectivity index (χ3n) is 8.77. The summed E-state index contributed by atoms with van der Waals surface area (Å²) in [6.45, 7) is 15.3. The van der Waals surface area contributed by atoms with Gasteiger partial charge in [0.25, 0.3) is 0 Å². The summed E-state index contributed by atoms with van der Waals surface area (Å²) < 4.78 is 27.6. The minimum absolute atomic E-state index is 0. The van der Waals surface area contributed by atoms with E-state index < -0.39 is 10.8 Å². The van der Waals surface area contributed by atoms with Gasteiger partial charge in [0.2, 0.25) is 0 Å². The second kappa shape index (κ2) is 22.2. The molecule has 55 heavy (non-hydrogen) atoms. The molecule has 6 aromatic rings. The number of hydrogen-bond acceptors (Lipinski definition) is 4. The van der Waals surface area contributed by atoms with E-state index in [0.29, 0.717) is 22.3 Å². The van der Waals surface area contributed by atoms with Gasteiger partial charge in [0, 0.05) is 59.6 Å². The number of aromatic hydroxyl groups is 2. The normalized spacial score (nSPS) is 10.9. The van der Waals surface area contributed by atoms with Crippen molar-refractivity contribution in [3.05, 3.63) is 216 Å². The third-order valence-corrected chi connectivity index (χ3v) is 8.77. The smallest absolute Gasteiger partial charge is 0.507 e. The van der Waals surface area contributed by atoms with Gasteiger partial charge in [-0.1, -0.05) is 100 Å². The molecular weight excluding hydrogens is 766 g/mol. The fourth-order valence-electron chi connectivity index (χ4n) is 5.65. The molecule has 4 nitrogen and oxygen atoms in total. The average molecular weight is 816 g/mol. The monoisotopic (exact) mass is 814 g/mol. The summed E-state index contributed by atoms with van der Waals surface area (Å²) in [6.07, 6.45) is 2.92. The quantitative estimate of drug-likeness (QED) is 0.130. The topological polar surface area (TPSA) is 65.2 Å². The Morgan fingerprint density at radius 1 is 0.491 bits per heavy atom. The van der Waals surface area contributed by atoms with E-state index in [4.69, 9.17) is 0 Å². The van der Waals surface area contributed by atoms with Crippen molar-refractivity contribution in [2.45, 2.75) is 38.5 Å². The van der Waals surface area contributed by atoms with Gasteiger partial charge in [-0.3, -0.25) is 9.98 Å². The second-order valence-corrected chi connectivity index (χ2v) is 13.5. The zero-order valence-electron chi connectivity index (χ0n) is 32.5. The van der Waals surface area contributed by atoms with Gasteiger partial charge in [0.05, 0.1) is 0 Å². The summed E-state index contributed by atoms with van der Waals surface area (Å²) in [7, 11) is 3.18. The summed E-state index contributed by atoms with van der Waals surface area (Å²) in [4.78, 5) is 7.70. The van der Waals surface area contributed by atoms with Gasteiger partial charge in [0.15, 0.2) is 0 Å². The molecule has 0 unspecified atom stereocenters. The van der Waals surface area contributed by atoms with Gasteiger partial charge in [-0.2, -0.15) is 49.2 Å². The van der Waals surface area contributed by atoms with Crippen LogP contribution < -0.4 is 0 Å². The molecular formula is C48H50F2N2O2Zr. The summed E-state index contributed by atoms with van der Waals surface area (Å²) >= 11 is 0. The van der Waals surface area contributed by atoms with Crippen molar-refractivity contribution in [1.29, 1.82) is 0 Å². The van der Waals surface area contributed by atoms with Crippen LogP contribution in [0.1, 0.15) is 72.2 Å². The Hall–Kier alpha value is -5.26. The molecule has 0 fully saturated rings. The van der Waals surface area contributed by atoms with Crippen LogP contribution in [0.3, 0.4) is 0 Å². The van der Waals surface area contributed by atoms with Gasteiger partial charge in [-0.15, -0.1) is 24.3 Å². The van der Waals surface area contributed by atoms with E-state index in [0.717, 1.165) is 22.3 Å². The van der Waals surface area contributed by atoms with Crippen LogP contribution >= 0.6 is 0 Å². The Kier molecular flexibility index (Phi) is 18.5. The van der Waals surface area contributed by atoms with E-state index in [-0.39, 0.29) is 49.3 Å². The van der Waals surface area contributed by atoms with Crippen molar-refractivity contribution in [3.8, 4) is 11.5 Å². The number of phenolic OH excluding ortho intramolecular Hbond substituents is 2. The molecule has 0 saturated carbocycles. The first kappa shape index (κ1) is 45.9. The van der Waals surface area contributed by atoms with Crippen molar-refractivity contribution in [1.82, 2.24) is 0 Å². The predicted octanol–water partition coefficient (Wildman–Crippen LogP) is 11.5. The SMILES string of the molecule is CN=Cc1cc(F)cc(C(C)(C)c2ccccc2)c1O.CN=Cc1cc(F)cc(C(C)(C)c2ccccc2)c1O.[CH2-]c1ccccc1.[CH2-]c1ccccc1.[Zr+2]. The number of hydrogen-bond donors (Lipinski definition) is 2. The maximum atomic E-state index is 13.8. The summed E-state index contributed by atoms with van der Waals surface area (Å²) in [5.41, 5.74) is 5.08. The molecule has 2 N–H and O–H groups in total. The maximum absolute atomic E-state index is 13.8. The molecule has 0 aromatic heterocycles. The fraction of sp³-hybridized carbons (Fsp3) is 0.167. The van der Waals surface area contributed by atoms with Crippen molar-refractivity contribution in [2.24, 2.45) is 9.98 Å². The second-order valence-electron chi connectivity index (χ2n) is 13.5. The van der Waals surface area contributed by atoms with Crippen LogP contribution in [0, 0.1) is 25.5 Å². The molecule has 0 atom stereocenters. The maximum Gasteiger partial charge on any atom is 2.00 e. The summed E-state index contributed by atoms with van der Waals surface area (Å²) in [5.74, 6) is -0.606. The van der Waals surface area contributed by atoms with Crippen LogP contribution in [0.25, 0.3) is 0 Å². The summed E-state index contributed by atoms with van der Waals surface area (Å²) in [6, 6.07) is 44.6. The van der Waals surface area contributed by atoms with Gasteiger partial charge in [-0.25, -0.2) is 8.78 Å². The molecule has 0 bridgehead atoms. The number of aliphatic imine (C=N–C) groups is 2. The van der Waals surface area contributed by atoms with E-state index >= 15 is 0 Å². The Labute approximate surface area is 345 Å². The van der Waals surface area contributed by atoms with Gasteiger partial charge in [0.1, 0.15) is 23.1 Å². The molecule has 7 heteroatoms. The molecule has 6 aromatic carbocycles. The standard InChI is InChI=1S/2C17H18FNO.2C7H7.Zr/c2*1-17(2,13-7-5-4-6-8-13)15-10-14(18)9-12(11-19-3)16(15)20;2*1-7-5-3-2-4-6-7;/h2*4-11,20H,1-3H3;2*2-6H,1H2;/q;;2*-1;+2. The van der Waals surface area contributed by atoms with E-state index in [2.05, 4.69) is 23.8 Å². The van der Waals surface area contributed by atoms with Crippen molar-refractivity contribution >= 4 is 12.4 Å². The molecule has 0 amide bonds. The molecule has 0 heterocycles. The molecule has 282 valence electrons. The number of phenols is 2. The number of benzene rings is 6. The van der Waals surface area contributed by atoms with Crippen LogP contribution in [-0.4, -0.2) is 36.7 Å². The van der Waals surface area contributed by atoms with Crippen LogP contribution in [-0.2, 0) is 37.0 Å². The zero-order chi connectivity index (χ0) is 39.7. The van der Waals surface area contributed by atoms with Gasteiger partial charge in [-0.05, 0) is 35.4 Å². The average Bonchev–Trinajstić information content (AvgIpc) is 3.16. The Morgan fingerprint density at radius 2 is 0.764 bits per heavy atom.